The van der Waals surface area contributed by atoms with E-state index in [0.29, 0.717) is 12.1 Å². The molecule has 2 aromatic rings. The fourth-order valence-electron chi connectivity index (χ4n) is 2.31. The van der Waals surface area contributed by atoms with Crippen LogP contribution in [0, 0.1) is 11.3 Å². The monoisotopic (exact) mass is 311 g/mol. The van der Waals surface area contributed by atoms with Gasteiger partial charge in [-0.15, -0.1) is 10.2 Å². The minimum Gasteiger partial charge on any atom is -0.386 e. The fraction of sp³-hybridized carbons (Fsp3) is 0.188. The summed E-state index contributed by atoms with van der Waals surface area (Å²) in [5.41, 5.74) is 2.14. The molecule has 1 heterocycles. The zero-order valence-corrected chi connectivity index (χ0v) is 12.1. The van der Waals surface area contributed by atoms with Gasteiger partial charge in [-0.05, 0) is 42.0 Å². The van der Waals surface area contributed by atoms with Crippen molar-refractivity contribution in [2.75, 3.05) is 11.6 Å². The lowest BCUT2D eigenvalue weighted by molar-refractivity contribution is 0.141. The number of aliphatic hydroxyl groups is 1. The Morgan fingerprint density at radius 1 is 1.26 bits per heavy atom. The SMILES string of the molecule is N#Cc1ccc(N(CC2=CC(O)C(F)C=C2)n2cnnc2)cc1. The number of anilines is 1. The summed E-state index contributed by atoms with van der Waals surface area (Å²) in [6, 6.07) is 9.11. The highest BCUT2D eigenvalue weighted by Crippen LogP contribution is 2.20. The highest BCUT2D eigenvalue weighted by molar-refractivity contribution is 5.51. The van der Waals surface area contributed by atoms with Crippen molar-refractivity contribution >= 4 is 5.69 Å². The summed E-state index contributed by atoms with van der Waals surface area (Å²) in [6.45, 7) is 0.393. The molecule has 0 radical (unpaired) electrons. The van der Waals surface area contributed by atoms with Crippen molar-refractivity contribution in [2.45, 2.75) is 12.3 Å². The Kier molecular flexibility index (Phi) is 4.17. The molecule has 116 valence electrons. The quantitative estimate of drug-likeness (QED) is 0.928. The summed E-state index contributed by atoms with van der Waals surface area (Å²) in [5, 5.41) is 28.0. The summed E-state index contributed by atoms with van der Waals surface area (Å²) in [7, 11) is 0. The predicted molar refractivity (Wildman–Crippen MR) is 82.0 cm³/mol. The first-order valence-corrected chi connectivity index (χ1v) is 7.01. The lowest BCUT2D eigenvalue weighted by atomic mass is 10.0. The van der Waals surface area contributed by atoms with Crippen molar-refractivity contribution < 1.29 is 9.50 Å². The number of rotatable bonds is 4. The van der Waals surface area contributed by atoms with E-state index >= 15 is 0 Å². The van der Waals surface area contributed by atoms with Gasteiger partial charge < -0.3 is 5.11 Å². The van der Waals surface area contributed by atoms with Crippen LogP contribution in [-0.4, -0.2) is 38.8 Å². The van der Waals surface area contributed by atoms with Gasteiger partial charge in [-0.2, -0.15) is 5.26 Å². The van der Waals surface area contributed by atoms with Crippen molar-refractivity contribution in [3.05, 3.63) is 66.3 Å². The molecule has 1 aromatic heterocycles. The van der Waals surface area contributed by atoms with Crippen LogP contribution < -0.4 is 5.01 Å². The molecule has 1 aliphatic rings. The number of hydrogen-bond acceptors (Lipinski definition) is 5. The predicted octanol–water partition coefficient (Wildman–Crippen LogP) is 1.61. The Morgan fingerprint density at radius 2 is 1.96 bits per heavy atom. The number of nitrogens with zero attached hydrogens (tertiary/aromatic N) is 5. The molecule has 3 rings (SSSR count). The molecule has 7 heteroatoms. The van der Waals surface area contributed by atoms with Crippen molar-refractivity contribution in [3.8, 4) is 6.07 Å². The Labute approximate surface area is 132 Å². The van der Waals surface area contributed by atoms with E-state index in [2.05, 4.69) is 16.3 Å². The molecule has 2 atom stereocenters. The van der Waals surface area contributed by atoms with E-state index in [1.54, 1.807) is 47.7 Å². The Morgan fingerprint density at radius 3 is 2.57 bits per heavy atom. The molecule has 0 aliphatic heterocycles. The van der Waals surface area contributed by atoms with Crippen molar-refractivity contribution in [3.63, 3.8) is 0 Å². The van der Waals surface area contributed by atoms with Gasteiger partial charge in [-0.3, -0.25) is 5.01 Å². The molecule has 0 bridgehead atoms. The van der Waals surface area contributed by atoms with Crippen LogP contribution in [-0.2, 0) is 0 Å². The average Bonchev–Trinajstić information content (AvgIpc) is 3.10. The summed E-state index contributed by atoms with van der Waals surface area (Å²) in [5.74, 6) is 0. The van der Waals surface area contributed by atoms with Crippen LogP contribution in [0.5, 0.6) is 0 Å². The van der Waals surface area contributed by atoms with Crippen LogP contribution in [0.25, 0.3) is 0 Å². The number of nitriles is 1. The van der Waals surface area contributed by atoms with Gasteiger partial charge in [-0.25, -0.2) is 9.07 Å². The smallest absolute Gasteiger partial charge is 0.148 e. The molecule has 1 aromatic carbocycles. The van der Waals surface area contributed by atoms with Crippen LogP contribution in [0.15, 0.2) is 60.7 Å². The number of hydrogen-bond donors (Lipinski definition) is 1. The maximum Gasteiger partial charge on any atom is 0.148 e. The van der Waals surface area contributed by atoms with E-state index < -0.39 is 12.3 Å². The molecule has 2 unspecified atom stereocenters. The van der Waals surface area contributed by atoms with Crippen molar-refractivity contribution in [1.29, 1.82) is 5.26 Å². The van der Waals surface area contributed by atoms with E-state index in [0.717, 1.165) is 11.3 Å². The zero-order valence-electron chi connectivity index (χ0n) is 12.1. The molecule has 0 fully saturated rings. The lowest BCUT2D eigenvalue weighted by Gasteiger charge is -2.27. The van der Waals surface area contributed by atoms with Crippen LogP contribution >= 0.6 is 0 Å². The van der Waals surface area contributed by atoms with E-state index in [1.165, 1.54) is 12.2 Å². The van der Waals surface area contributed by atoms with Gasteiger partial charge in [-0.1, -0.05) is 6.08 Å². The lowest BCUT2D eigenvalue weighted by Crippen LogP contribution is -2.32. The third-order valence-electron chi connectivity index (χ3n) is 3.52. The minimum atomic E-state index is -1.38. The minimum absolute atomic E-state index is 0.393. The second-order valence-electron chi connectivity index (χ2n) is 5.09. The maximum atomic E-state index is 13.3. The first-order chi connectivity index (χ1) is 11.2. The van der Waals surface area contributed by atoms with Gasteiger partial charge in [0.1, 0.15) is 24.9 Å². The van der Waals surface area contributed by atoms with Crippen LogP contribution in [0.4, 0.5) is 10.1 Å². The van der Waals surface area contributed by atoms with E-state index in [1.807, 2.05) is 5.01 Å². The number of alkyl halides is 1. The number of benzene rings is 1. The van der Waals surface area contributed by atoms with Gasteiger partial charge in [0.15, 0.2) is 0 Å². The number of aliphatic hydroxyl groups excluding tert-OH is 1. The van der Waals surface area contributed by atoms with Crippen LogP contribution in [0.1, 0.15) is 5.56 Å². The molecule has 0 spiro atoms. The molecule has 6 nitrogen and oxygen atoms in total. The second-order valence-corrected chi connectivity index (χ2v) is 5.09. The molecular formula is C16H14FN5O. The maximum absolute atomic E-state index is 13.3. The molecule has 1 aliphatic carbocycles. The normalized spacial score (nSPS) is 20.0. The van der Waals surface area contributed by atoms with E-state index in [4.69, 9.17) is 5.26 Å². The summed E-state index contributed by atoms with van der Waals surface area (Å²) < 4.78 is 15.0. The summed E-state index contributed by atoms with van der Waals surface area (Å²) >= 11 is 0. The summed E-state index contributed by atoms with van der Waals surface area (Å²) in [6.07, 6.45) is 5.04. The molecule has 0 amide bonds. The van der Waals surface area contributed by atoms with E-state index in [-0.39, 0.29) is 0 Å². The van der Waals surface area contributed by atoms with Crippen LogP contribution in [0.2, 0.25) is 0 Å². The summed E-state index contributed by atoms with van der Waals surface area (Å²) in [4.78, 5) is 0. The average molecular weight is 311 g/mol. The van der Waals surface area contributed by atoms with Crippen molar-refractivity contribution in [1.82, 2.24) is 14.9 Å². The Balaban J connectivity index is 1.89. The second kappa shape index (κ2) is 6.42. The third kappa shape index (κ3) is 3.27. The number of halogens is 1. The molecule has 23 heavy (non-hydrogen) atoms. The largest absolute Gasteiger partial charge is 0.386 e. The van der Waals surface area contributed by atoms with Gasteiger partial charge in [0.25, 0.3) is 0 Å². The first-order valence-electron chi connectivity index (χ1n) is 7.01. The molecule has 0 saturated heterocycles. The van der Waals surface area contributed by atoms with Crippen LogP contribution in [0.3, 0.4) is 0 Å². The molecule has 1 N–H and O–H groups in total. The first kappa shape index (κ1) is 14.9. The van der Waals surface area contributed by atoms with Gasteiger partial charge in [0.05, 0.1) is 23.9 Å². The third-order valence-corrected chi connectivity index (χ3v) is 3.52. The van der Waals surface area contributed by atoms with Gasteiger partial charge >= 0.3 is 0 Å². The topological polar surface area (TPSA) is 78.0 Å². The van der Waals surface area contributed by atoms with Gasteiger partial charge in [0, 0.05) is 0 Å². The van der Waals surface area contributed by atoms with E-state index in [9.17, 15) is 9.50 Å². The Hall–Kier alpha value is -2.98. The highest BCUT2D eigenvalue weighted by Gasteiger charge is 2.19. The fourth-order valence-corrected chi connectivity index (χ4v) is 2.31. The van der Waals surface area contributed by atoms with Gasteiger partial charge in [0.2, 0.25) is 0 Å². The highest BCUT2D eigenvalue weighted by atomic mass is 19.1. The molecule has 0 saturated carbocycles. The number of aromatic nitrogens is 3. The molecular weight excluding hydrogens is 297 g/mol. The zero-order chi connectivity index (χ0) is 16.2. The van der Waals surface area contributed by atoms with Crippen molar-refractivity contribution in [2.24, 2.45) is 0 Å². The Bertz CT molecular complexity index is 761. The standard InChI is InChI=1S/C16H14FN5O/c17-15-6-3-13(7-16(15)23)9-22(21-10-19-20-11-21)14-4-1-12(8-18)2-5-14/h1-7,10-11,15-16,23H,9H2.